The number of rotatable bonds is 7. The van der Waals surface area contributed by atoms with Gasteiger partial charge in [-0.1, -0.05) is 35.4 Å². The van der Waals surface area contributed by atoms with Crippen molar-refractivity contribution in [2.75, 3.05) is 11.9 Å². The molecular weight excluding hydrogens is 464 g/mol. The standard InChI is InChI=1S/C27H26N2O5S/c1-4-34-21-11-14-24-23(15-21)27(31)25(35(32,33)22-12-7-19(3)8-13-22)16-29(24)17-26(30)28-20-9-5-18(2)6-10-20/h5-16H,4,17H2,1-3H3,(H,28,30). The molecule has 1 aromatic heterocycles. The lowest BCUT2D eigenvalue weighted by Gasteiger charge is -2.15. The van der Waals surface area contributed by atoms with Gasteiger partial charge in [0, 0.05) is 11.9 Å². The van der Waals surface area contributed by atoms with E-state index in [1.54, 1.807) is 36.4 Å². The van der Waals surface area contributed by atoms with Gasteiger partial charge in [0.1, 0.15) is 17.2 Å². The quantitative estimate of drug-likeness (QED) is 0.412. The van der Waals surface area contributed by atoms with Crippen LogP contribution in [0.4, 0.5) is 5.69 Å². The van der Waals surface area contributed by atoms with E-state index in [1.807, 2.05) is 32.9 Å². The molecule has 8 heteroatoms. The molecule has 180 valence electrons. The van der Waals surface area contributed by atoms with Crippen LogP contribution >= 0.6 is 0 Å². The zero-order valence-electron chi connectivity index (χ0n) is 19.7. The number of amides is 1. The number of benzene rings is 3. The lowest BCUT2D eigenvalue weighted by Crippen LogP contribution is -2.24. The van der Waals surface area contributed by atoms with Crippen molar-refractivity contribution < 1.29 is 17.9 Å². The fourth-order valence-electron chi connectivity index (χ4n) is 3.77. The van der Waals surface area contributed by atoms with E-state index < -0.39 is 20.2 Å². The maximum Gasteiger partial charge on any atom is 0.244 e. The van der Waals surface area contributed by atoms with Crippen LogP contribution in [0.3, 0.4) is 0 Å². The van der Waals surface area contributed by atoms with Crippen molar-refractivity contribution in [2.45, 2.75) is 37.1 Å². The Hall–Kier alpha value is -3.91. The summed E-state index contributed by atoms with van der Waals surface area (Å²) in [6.07, 6.45) is 1.24. The topological polar surface area (TPSA) is 94.5 Å². The van der Waals surface area contributed by atoms with E-state index in [4.69, 9.17) is 4.74 Å². The summed E-state index contributed by atoms with van der Waals surface area (Å²) in [7, 11) is -4.13. The molecule has 0 spiro atoms. The summed E-state index contributed by atoms with van der Waals surface area (Å²) in [6.45, 7) is 5.82. The Morgan fingerprint density at radius 3 is 2.20 bits per heavy atom. The number of carbonyl (C=O) groups is 1. The molecule has 4 rings (SSSR count). The Balaban J connectivity index is 1.83. The number of hydrogen-bond acceptors (Lipinski definition) is 5. The number of aryl methyl sites for hydroxylation is 2. The highest BCUT2D eigenvalue weighted by Crippen LogP contribution is 2.24. The van der Waals surface area contributed by atoms with Gasteiger partial charge in [0.2, 0.25) is 21.2 Å². The van der Waals surface area contributed by atoms with Crippen molar-refractivity contribution in [3.8, 4) is 5.75 Å². The Kier molecular flexibility index (Phi) is 6.75. The first-order chi connectivity index (χ1) is 16.7. The molecule has 0 unspecified atom stereocenters. The minimum absolute atomic E-state index is 0.0103. The summed E-state index contributed by atoms with van der Waals surface area (Å²) in [4.78, 5) is 25.8. The Bertz CT molecular complexity index is 1550. The van der Waals surface area contributed by atoms with Crippen molar-refractivity contribution >= 4 is 32.3 Å². The van der Waals surface area contributed by atoms with Crippen LogP contribution in [0.2, 0.25) is 0 Å². The third-order valence-electron chi connectivity index (χ3n) is 5.60. The molecule has 1 N–H and O–H groups in total. The van der Waals surface area contributed by atoms with Crippen LogP contribution in [-0.2, 0) is 21.2 Å². The molecule has 1 amide bonds. The van der Waals surface area contributed by atoms with Gasteiger partial charge in [0.15, 0.2) is 0 Å². The molecule has 35 heavy (non-hydrogen) atoms. The van der Waals surface area contributed by atoms with Gasteiger partial charge in [-0.25, -0.2) is 8.42 Å². The van der Waals surface area contributed by atoms with E-state index in [2.05, 4.69) is 5.32 Å². The van der Waals surface area contributed by atoms with Gasteiger partial charge in [-0.2, -0.15) is 0 Å². The van der Waals surface area contributed by atoms with Crippen molar-refractivity contribution in [1.82, 2.24) is 4.57 Å². The first kappa shape index (κ1) is 24.2. The Morgan fingerprint density at radius 1 is 0.943 bits per heavy atom. The molecule has 0 aliphatic rings. The molecule has 0 fully saturated rings. The predicted octanol–water partition coefficient (Wildman–Crippen LogP) is 4.49. The number of hydrogen-bond donors (Lipinski definition) is 1. The average molecular weight is 491 g/mol. The van der Waals surface area contributed by atoms with E-state index in [-0.39, 0.29) is 22.7 Å². The largest absolute Gasteiger partial charge is 0.494 e. The Labute approximate surface area is 203 Å². The van der Waals surface area contributed by atoms with E-state index in [0.29, 0.717) is 23.6 Å². The number of pyridine rings is 1. The predicted molar refractivity (Wildman–Crippen MR) is 136 cm³/mol. The van der Waals surface area contributed by atoms with Crippen molar-refractivity contribution in [1.29, 1.82) is 0 Å². The molecule has 0 bridgehead atoms. The maximum atomic E-state index is 13.4. The summed E-state index contributed by atoms with van der Waals surface area (Å²) in [5.74, 6) is 0.0870. The fraction of sp³-hybridized carbons (Fsp3) is 0.185. The second kappa shape index (κ2) is 9.76. The van der Waals surface area contributed by atoms with Gasteiger partial charge in [0.05, 0.1) is 22.4 Å². The number of ether oxygens (including phenoxy) is 1. The normalized spacial score (nSPS) is 11.4. The molecule has 0 saturated heterocycles. The minimum Gasteiger partial charge on any atom is -0.494 e. The summed E-state index contributed by atoms with van der Waals surface area (Å²) >= 11 is 0. The number of aromatic nitrogens is 1. The number of anilines is 1. The number of nitrogens with one attached hydrogen (secondary N) is 1. The van der Waals surface area contributed by atoms with Crippen molar-refractivity contribution in [2.24, 2.45) is 0 Å². The molecule has 1 heterocycles. The van der Waals surface area contributed by atoms with E-state index in [1.165, 1.54) is 29.0 Å². The zero-order valence-corrected chi connectivity index (χ0v) is 20.6. The molecule has 7 nitrogen and oxygen atoms in total. The van der Waals surface area contributed by atoms with Gasteiger partial charge in [-0.3, -0.25) is 9.59 Å². The maximum absolute atomic E-state index is 13.4. The molecule has 0 saturated carbocycles. The fourth-order valence-corrected chi connectivity index (χ4v) is 5.13. The van der Waals surface area contributed by atoms with Gasteiger partial charge >= 0.3 is 0 Å². The Morgan fingerprint density at radius 2 is 1.57 bits per heavy atom. The van der Waals surface area contributed by atoms with Crippen LogP contribution in [0.15, 0.2) is 87.5 Å². The van der Waals surface area contributed by atoms with Crippen LogP contribution in [-0.4, -0.2) is 25.5 Å². The molecule has 0 radical (unpaired) electrons. The second-order valence-corrected chi connectivity index (χ2v) is 10.2. The van der Waals surface area contributed by atoms with Crippen molar-refractivity contribution in [3.05, 3.63) is 94.3 Å². The summed E-state index contributed by atoms with van der Waals surface area (Å²) in [5, 5.41) is 2.97. The molecule has 0 aliphatic heterocycles. The SMILES string of the molecule is CCOc1ccc2c(c1)c(=O)c(S(=O)(=O)c1ccc(C)cc1)cn2CC(=O)Nc1ccc(C)cc1. The lowest BCUT2D eigenvalue weighted by atomic mass is 10.2. The first-order valence-electron chi connectivity index (χ1n) is 11.2. The second-order valence-electron chi connectivity index (χ2n) is 8.29. The number of carbonyl (C=O) groups excluding carboxylic acids is 1. The van der Waals surface area contributed by atoms with E-state index in [0.717, 1.165) is 11.1 Å². The molecular formula is C27H26N2O5S. The third-order valence-corrected chi connectivity index (χ3v) is 7.36. The minimum atomic E-state index is -4.13. The first-order valence-corrected chi connectivity index (χ1v) is 12.7. The van der Waals surface area contributed by atoms with E-state index in [9.17, 15) is 18.0 Å². The molecule has 3 aromatic carbocycles. The third kappa shape index (κ3) is 5.12. The van der Waals surface area contributed by atoms with Gasteiger partial charge in [-0.15, -0.1) is 0 Å². The monoisotopic (exact) mass is 490 g/mol. The van der Waals surface area contributed by atoms with Crippen LogP contribution in [0.5, 0.6) is 5.75 Å². The summed E-state index contributed by atoms with van der Waals surface area (Å²) < 4.78 is 33.9. The van der Waals surface area contributed by atoms with Crippen LogP contribution in [0.1, 0.15) is 18.1 Å². The molecule has 0 aliphatic carbocycles. The van der Waals surface area contributed by atoms with Crippen molar-refractivity contribution in [3.63, 3.8) is 0 Å². The van der Waals surface area contributed by atoms with Gasteiger partial charge < -0.3 is 14.6 Å². The van der Waals surface area contributed by atoms with Gasteiger partial charge in [0.25, 0.3) is 0 Å². The summed E-state index contributed by atoms with van der Waals surface area (Å²) in [6, 6.07) is 18.5. The highest BCUT2D eigenvalue weighted by atomic mass is 32.2. The number of fused-ring (bicyclic) bond motifs is 1. The van der Waals surface area contributed by atoms with Crippen LogP contribution in [0, 0.1) is 13.8 Å². The zero-order chi connectivity index (χ0) is 25.2. The summed E-state index contributed by atoms with van der Waals surface area (Å²) in [5.41, 5.74) is 2.37. The van der Waals surface area contributed by atoms with Crippen LogP contribution in [0.25, 0.3) is 10.9 Å². The molecule has 4 aromatic rings. The average Bonchev–Trinajstić information content (AvgIpc) is 2.83. The van der Waals surface area contributed by atoms with Crippen LogP contribution < -0.4 is 15.5 Å². The van der Waals surface area contributed by atoms with Gasteiger partial charge in [-0.05, 0) is 63.2 Å². The van der Waals surface area contributed by atoms with E-state index >= 15 is 0 Å². The smallest absolute Gasteiger partial charge is 0.244 e. The highest BCUT2D eigenvalue weighted by molar-refractivity contribution is 7.91. The number of nitrogens with zero attached hydrogens (tertiary/aromatic N) is 1. The lowest BCUT2D eigenvalue weighted by molar-refractivity contribution is -0.116. The molecule has 0 atom stereocenters. The highest BCUT2D eigenvalue weighted by Gasteiger charge is 2.24. The number of sulfone groups is 1.